The number of benzene rings is 1. The van der Waals surface area contributed by atoms with Gasteiger partial charge >= 0.3 is 6.03 Å². The van der Waals surface area contributed by atoms with Gasteiger partial charge in [0.05, 0.1) is 34.1 Å². The van der Waals surface area contributed by atoms with Crippen molar-refractivity contribution >= 4 is 11.7 Å². The molecule has 1 heterocycles. The zero-order valence-electron chi connectivity index (χ0n) is 18.1. The van der Waals surface area contributed by atoms with E-state index in [2.05, 4.69) is 20.6 Å². The van der Waals surface area contributed by atoms with Crippen molar-refractivity contribution in [2.24, 2.45) is 0 Å². The van der Waals surface area contributed by atoms with Crippen LogP contribution in [0, 0.1) is 0 Å². The molecule has 0 unspecified atom stereocenters. The number of hydrogen-bond donors (Lipinski definition) is 2. The molecule has 1 aliphatic rings. The van der Waals surface area contributed by atoms with Gasteiger partial charge in [-0.05, 0) is 25.7 Å². The molecule has 0 saturated heterocycles. The molecular formula is C21H28N4O6. The molecule has 31 heavy (non-hydrogen) atoms. The Morgan fingerprint density at radius 2 is 1.48 bits per heavy atom. The van der Waals surface area contributed by atoms with E-state index >= 15 is 0 Å². The van der Waals surface area contributed by atoms with E-state index < -0.39 is 0 Å². The summed E-state index contributed by atoms with van der Waals surface area (Å²) in [5, 5.41) is 5.83. The van der Waals surface area contributed by atoms with Crippen LogP contribution < -0.4 is 34.3 Å². The summed E-state index contributed by atoms with van der Waals surface area (Å²) in [7, 11) is 6.11. The number of anilines is 1. The van der Waals surface area contributed by atoms with E-state index in [1.54, 1.807) is 24.5 Å². The minimum atomic E-state index is -0.297. The lowest BCUT2D eigenvalue weighted by molar-refractivity contribution is 0.129. The minimum absolute atomic E-state index is 0.00169. The Balaban J connectivity index is 1.52. The number of hydrogen-bond acceptors (Lipinski definition) is 8. The van der Waals surface area contributed by atoms with Gasteiger partial charge in [-0.2, -0.15) is 0 Å². The number of aromatic nitrogens is 2. The highest BCUT2D eigenvalue weighted by Gasteiger charge is 2.25. The molecule has 0 radical (unpaired) electrons. The number of methoxy groups -OCH3 is 4. The average Bonchev–Trinajstić information content (AvgIpc) is 2.79. The van der Waals surface area contributed by atoms with E-state index in [-0.39, 0.29) is 18.2 Å². The maximum absolute atomic E-state index is 12.5. The Kier molecular flexibility index (Phi) is 7.58. The third-order valence-corrected chi connectivity index (χ3v) is 5.04. The minimum Gasteiger partial charge on any atom is -0.493 e. The van der Waals surface area contributed by atoms with Crippen LogP contribution in [0.25, 0.3) is 0 Å². The summed E-state index contributed by atoms with van der Waals surface area (Å²) in [5.74, 6) is 2.16. The number of urea groups is 1. The van der Waals surface area contributed by atoms with Crippen LogP contribution >= 0.6 is 0 Å². The van der Waals surface area contributed by atoms with Crippen LogP contribution in [0.1, 0.15) is 25.7 Å². The summed E-state index contributed by atoms with van der Waals surface area (Å²) in [4.78, 5) is 20.8. The molecule has 2 aromatic rings. The fourth-order valence-electron chi connectivity index (χ4n) is 3.52. The Morgan fingerprint density at radius 3 is 2.03 bits per heavy atom. The zero-order valence-corrected chi connectivity index (χ0v) is 18.1. The van der Waals surface area contributed by atoms with E-state index in [9.17, 15) is 4.79 Å². The Bertz CT molecular complexity index is 861. The first-order valence-corrected chi connectivity index (χ1v) is 9.97. The average molecular weight is 432 g/mol. The summed E-state index contributed by atoms with van der Waals surface area (Å²) in [5.41, 5.74) is 0.541. The predicted molar refractivity (Wildman–Crippen MR) is 114 cm³/mol. The first-order valence-electron chi connectivity index (χ1n) is 9.97. The first-order chi connectivity index (χ1) is 15.1. The van der Waals surface area contributed by atoms with Crippen molar-refractivity contribution in [1.29, 1.82) is 0 Å². The van der Waals surface area contributed by atoms with Crippen LogP contribution in [0.5, 0.6) is 29.0 Å². The SMILES string of the molecule is COc1cc(NC(=O)NC2CCC(Oc3nccnc3OC)CC2)cc(OC)c1OC. The van der Waals surface area contributed by atoms with Gasteiger partial charge in [0.25, 0.3) is 11.8 Å². The van der Waals surface area contributed by atoms with Crippen molar-refractivity contribution in [3.8, 4) is 29.0 Å². The lowest BCUT2D eigenvalue weighted by Gasteiger charge is -2.29. The summed E-state index contributed by atoms with van der Waals surface area (Å²) in [6, 6.07) is 3.11. The largest absolute Gasteiger partial charge is 0.493 e. The summed E-state index contributed by atoms with van der Waals surface area (Å²) < 4.78 is 27.0. The first kappa shape index (κ1) is 22.3. The molecule has 1 saturated carbocycles. The topological polar surface area (TPSA) is 113 Å². The molecule has 1 aromatic carbocycles. The molecule has 0 aliphatic heterocycles. The molecule has 10 nitrogen and oxygen atoms in total. The van der Waals surface area contributed by atoms with E-state index in [0.717, 1.165) is 25.7 Å². The predicted octanol–water partition coefficient (Wildman–Crippen LogP) is 3.02. The molecule has 168 valence electrons. The summed E-state index contributed by atoms with van der Waals surface area (Å²) >= 11 is 0. The normalized spacial score (nSPS) is 17.9. The molecule has 1 aliphatic carbocycles. The maximum atomic E-state index is 12.5. The van der Waals surface area contributed by atoms with Gasteiger partial charge in [-0.25, -0.2) is 14.8 Å². The van der Waals surface area contributed by atoms with E-state index in [1.165, 1.54) is 28.4 Å². The number of nitrogens with zero attached hydrogens (tertiary/aromatic N) is 2. The van der Waals surface area contributed by atoms with E-state index in [4.69, 9.17) is 23.7 Å². The van der Waals surface area contributed by atoms with Crippen LogP contribution in [0.15, 0.2) is 24.5 Å². The number of rotatable bonds is 8. The van der Waals surface area contributed by atoms with Gasteiger partial charge in [0, 0.05) is 30.6 Å². The van der Waals surface area contributed by atoms with Crippen LogP contribution in [-0.4, -0.2) is 56.6 Å². The monoisotopic (exact) mass is 432 g/mol. The van der Waals surface area contributed by atoms with Crippen molar-refractivity contribution in [3.63, 3.8) is 0 Å². The lowest BCUT2D eigenvalue weighted by atomic mass is 9.93. The molecule has 0 bridgehead atoms. The van der Waals surface area contributed by atoms with Gasteiger partial charge in [-0.3, -0.25) is 0 Å². The number of carbonyl (C=O) groups is 1. The van der Waals surface area contributed by atoms with Gasteiger partial charge in [0.1, 0.15) is 6.10 Å². The number of nitrogens with one attached hydrogen (secondary N) is 2. The molecule has 10 heteroatoms. The molecule has 2 N–H and O–H groups in total. The highest BCUT2D eigenvalue weighted by molar-refractivity contribution is 5.90. The summed E-state index contributed by atoms with van der Waals surface area (Å²) in [6.07, 6.45) is 6.27. The van der Waals surface area contributed by atoms with Crippen molar-refractivity contribution < 1.29 is 28.5 Å². The van der Waals surface area contributed by atoms with Gasteiger partial charge in [0.2, 0.25) is 5.75 Å². The number of amides is 2. The third kappa shape index (κ3) is 5.59. The Morgan fingerprint density at radius 1 is 0.871 bits per heavy atom. The third-order valence-electron chi connectivity index (χ3n) is 5.04. The molecule has 0 atom stereocenters. The molecule has 0 spiro atoms. The van der Waals surface area contributed by atoms with Crippen LogP contribution in [-0.2, 0) is 0 Å². The zero-order chi connectivity index (χ0) is 22.2. The maximum Gasteiger partial charge on any atom is 0.319 e. The highest BCUT2D eigenvalue weighted by atomic mass is 16.5. The van der Waals surface area contributed by atoms with Crippen LogP contribution in [0.3, 0.4) is 0 Å². The van der Waals surface area contributed by atoms with Crippen molar-refractivity contribution in [2.75, 3.05) is 33.8 Å². The molecule has 1 fully saturated rings. The smallest absolute Gasteiger partial charge is 0.319 e. The highest BCUT2D eigenvalue weighted by Crippen LogP contribution is 2.40. The second kappa shape index (κ2) is 10.6. The number of ether oxygens (including phenoxy) is 5. The standard InChI is InChI=1S/C21H28N4O6/c1-27-16-11-14(12-17(28-2)18(16)29-3)25-21(26)24-13-5-7-15(8-6-13)31-20-19(30-4)22-9-10-23-20/h9-13,15H,5-8H2,1-4H3,(H2,24,25,26). The Hall–Kier alpha value is -3.43. The van der Waals surface area contributed by atoms with Gasteiger partial charge in [-0.1, -0.05) is 0 Å². The fourth-order valence-corrected chi connectivity index (χ4v) is 3.52. The second-order valence-corrected chi connectivity index (χ2v) is 6.97. The van der Waals surface area contributed by atoms with Gasteiger partial charge in [0.15, 0.2) is 11.5 Å². The van der Waals surface area contributed by atoms with E-state index in [1.807, 2.05) is 0 Å². The number of carbonyl (C=O) groups excluding carboxylic acids is 1. The van der Waals surface area contributed by atoms with Crippen molar-refractivity contribution in [3.05, 3.63) is 24.5 Å². The fraction of sp³-hybridized carbons (Fsp3) is 0.476. The lowest BCUT2D eigenvalue weighted by Crippen LogP contribution is -2.41. The van der Waals surface area contributed by atoms with Crippen LogP contribution in [0.2, 0.25) is 0 Å². The molecular weight excluding hydrogens is 404 g/mol. The van der Waals surface area contributed by atoms with Crippen molar-refractivity contribution in [2.45, 2.75) is 37.8 Å². The molecule has 2 amide bonds. The molecule has 3 rings (SSSR count). The van der Waals surface area contributed by atoms with Gasteiger partial charge < -0.3 is 34.3 Å². The Labute approximate surface area is 181 Å². The van der Waals surface area contributed by atoms with Crippen molar-refractivity contribution in [1.82, 2.24) is 15.3 Å². The van der Waals surface area contributed by atoms with E-state index in [0.29, 0.717) is 34.7 Å². The second-order valence-electron chi connectivity index (χ2n) is 6.97. The molecule has 1 aromatic heterocycles. The summed E-state index contributed by atoms with van der Waals surface area (Å²) in [6.45, 7) is 0. The quantitative estimate of drug-likeness (QED) is 0.655. The van der Waals surface area contributed by atoms with Gasteiger partial charge in [-0.15, -0.1) is 0 Å². The van der Waals surface area contributed by atoms with Crippen LogP contribution in [0.4, 0.5) is 10.5 Å².